The van der Waals surface area contributed by atoms with Gasteiger partial charge in [-0.05, 0) is 25.5 Å². The van der Waals surface area contributed by atoms with Crippen LogP contribution in [0.15, 0.2) is 29.2 Å². The second-order valence-corrected chi connectivity index (χ2v) is 7.83. The fraction of sp³-hybridized carbons (Fsp3) is 0.333. The molecule has 1 aliphatic heterocycles. The van der Waals surface area contributed by atoms with E-state index in [1.807, 2.05) is 0 Å². The third-order valence-electron chi connectivity index (χ3n) is 3.99. The summed E-state index contributed by atoms with van der Waals surface area (Å²) in [6.45, 7) is 3.66. The van der Waals surface area contributed by atoms with Crippen LogP contribution in [0.5, 0.6) is 0 Å². The lowest BCUT2D eigenvalue weighted by molar-refractivity contribution is -0.126. The number of rotatable bonds is 3. The van der Waals surface area contributed by atoms with Gasteiger partial charge in [0, 0.05) is 18.1 Å². The molecule has 0 radical (unpaired) electrons. The second-order valence-electron chi connectivity index (χ2n) is 5.59. The summed E-state index contributed by atoms with van der Waals surface area (Å²) in [6, 6.07) is 5.75. The zero-order valence-corrected chi connectivity index (χ0v) is 14.8. The Hall–Kier alpha value is -1.90. The molecule has 1 atom stereocenters. The van der Waals surface area contributed by atoms with Crippen molar-refractivity contribution in [3.63, 3.8) is 0 Å². The third kappa shape index (κ3) is 2.70. The summed E-state index contributed by atoms with van der Waals surface area (Å²) in [4.78, 5) is 12.5. The predicted molar refractivity (Wildman–Crippen MR) is 89.2 cm³/mol. The van der Waals surface area contributed by atoms with Crippen LogP contribution in [0, 0.1) is 13.8 Å². The molecule has 24 heavy (non-hydrogen) atoms. The lowest BCUT2D eigenvalue weighted by atomic mass is 10.0. The highest BCUT2D eigenvalue weighted by Gasteiger charge is 2.42. The lowest BCUT2D eigenvalue weighted by Crippen LogP contribution is -2.52. The molecule has 1 aromatic carbocycles. The average Bonchev–Trinajstić information content (AvgIpc) is 2.87. The summed E-state index contributed by atoms with van der Waals surface area (Å²) in [7, 11) is -3.91. The smallest absolute Gasteiger partial charge is 0.247 e. The maximum Gasteiger partial charge on any atom is 0.247 e. The number of nitrogens with one attached hydrogen (secondary N) is 2. The maximum atomic E-state index is 13.2. The second kappa shape index (κ2) is 6.19. The number of carbonyl (C=O) groups excluding carboxylic acids is 1. The Morgan fingerprint density at radius 2 is 2.00 bits per heavy atom. The average molecular weight is 369 g/mol. The van der Waals surface area contributed by atoms with Crippen LogP contribution in [0.4, 0.5) is 0 Å². The highest BCUT2D eigenvalue weighted by molar-refractivity contribution is 7.89. The minimum Gasteiger partial charge on any atom is -0.353 e. The monoisotopic (exact) mass is 368 g/mol. The molecule has 0 saturated carbocycles. The van der Waals surface area contributed by atoms with Gasteiger partial charge in [-0.2, -0.15) is 9.40 Å². The first-order chi connectivity index (χ1) is 11.3. The number of benzene rings is 1. The molecule has 2 aromatic rings. The molecular formula is C15H17ClN4O3S. The van der Waals surface area contributed by atoms with E-state index in [4.69, 9.17) is 11.6 Å². The first-order valence-electron chi connectivity index (χ1n) is 7.39. The summed E-state index contributed by atoms with van der Waals surface area (Å²) < 4.78 is 27.5. The molecule has 2 N–H and O–H groups in total. The quantitative estimate of drug-likeness (QED) is 0.859. The van der Waals surface area contributed by atoms with E-state index in [2.05, 4.69) is 15.5 Å². The number of aromatic amines is 1. The van der Waals surface area contributed by atoms with Crippen molar-refractivity contribution in [2.75, 3.05) is 13.1 Å². The van der Waals surface area contributed by atoms with Gasteiger partial charge in [0.25, 0.3) is 0 Å². The zero-order chi connectivity index (χ0) is 17.5. The van der Waals surface area contributed by atoms with E-state index < -0.39 is 22.0 Å². The van der Waals surface area contributed by atoms with Crippen LogP contribution in [0.3, 0.4) is 0 Å². The Labute approximate surface area is 145 Å². The first kappa shape index (κ1) is 16.9. The molecule has 3 rings (SSSR count). The number of aromatic nitrogens is 2. The molecule has 1 amide bonds. The largest absolute Gasteiger partial charge is 0.353 e. The van der Waals surface area contributed by atoms with Gasteiger partial charge in [0.15, 0.2) is 0 Å². The van der Waals surface area contributed by atoms with Gasteiger partial charge in [-0.15, -0.1) is 0 Å². The van der Waals surface area contributed by atoms with Crippen molar-refractivity contribution in [3.05, 3.63) is 46.2 Å². The first-order valence-corrected chi connectivity index (χ1v) is 9.21. The number of hydrogen-bond acceptors (Lipinski definition) is 4. The van der Waals surface area contributed by atoms with Crippen LogP contribution in [-0.4, -0.2) is 41.9 Å². The Balaban J connectivity index is 2.14. The van der Waals surface area contributed by atoms with E-state index in [1.54, 1.807) is 38.1 Å². The van der Waals surface area contributed by atoms with Crippen LogP contribution in [0.2, 0.25) is 5.02 Å². The minimum atomic E-state index is -3.91. The number of nitrogens with zero attached hydrogens (tertiary/aromatic N) is 2. The molecule has 0 spiro atoms. The van der Waals surface area contributed by atoms with Crippen molar-refractivity contribution in [2.45, 2.75) is 24.8 Å². The molecule has 2 heterocycles. The number of amides is 1. The number of hydrogen-bond donors (Lipinski definition) is 2. The van der Waals surface area contributed by atoms with Gasteiger partial charge in [0.1, 0.15) is 10.9 Å². The fourth-order valence-electron chi connectivity index (χ4n) is 2.94. The summed E-state index contributed by atoms with van der Waals surface area (Å²) in [5, 5.41) is 9.69. The van der Waals surface area contributed by atoms with Crippen molar-refractivity contribution >= 4 is 27.5 Å². The third-order valence-corrected chi connectivity index (χ3v) is 6.47. The molecule has 1 saturated heterocycles. The van der Waals surface area contributed by atoms with E-state index >= 15 is 0 Å². The van der Waals surface area contributed by atoms with Gasteiger partial charge < -0.3 is 5.32 Å². The van der Waals surface area contributed by atoms with Gasteiger partial charge >= 0.3 is 0 Å². The van der Waals surface area contributed by atoms with E-state index in [-0.39, 0.29) is 18.0 Å². The lowest BCUT2D eigenvalue weighted by Gasteiger charge is -2.34. The van der Waals surface area contributed by atoms with Crippen molar-refractivity contribution in [2.24, 2.45) is 0 Å². The Kier molecular flexibility index (Phi) is 4.37. The molecule has 0 bridgehead atoms. The number of carbonyl (C=O) groups is 1. The Morgan fingerprint density at radius 1 is 1.29 bits per heavy atom. The number of sulfonamides is 1. The summed E-state index contributed by atoms with van der Waals surface area (Å²) >= 11 is 6.21. The van der Waals surface area contributed by atoms with Crippen LogP contribution in [0.25, 0.3) is 0 Å². The van der Waals surface area contributed by atoms with Gasteiger partial charge in [-0.1, -0.05) is 29.8 Å². The molecule has 1 aromatic heterocycles. The van der Waals surface area contributed by atoms with Crippen LogP contribution < -0.4 is 5.32 Å². The molecule has 0 aliphatic carbocycles. The molecule has 1 unspecified atom stereocenters. The van der Waals surface area contributed by atoms with Gasteiger partial charge in [0.2, 0.25) is 15.9 Å². The normalized spacial score (nSPS) is 19.3. The molecule has 7 nitrogen and oxygen atoms in total. The van der Waals surface area contributed by atoms with E-state index in [0.29, 0.717) is 22.0 Å². The highest BCUT2D eigenvalue weighted by atomic mass is 35.5. The molecule has 128 valence electrons. The molecule has 1 aliphatic rings. The summed E-state index contributed by atoms with van der Waals surface area (Å²) in [5.74, 6) is -0.392. The molecular weight excluding hydrogens is 352 g/mol. The van der Waals surface area contributed by atoms with Crippen molar-refractivity contribution in [1.82, 2.24) is 19.8 Å². The van der Waals surface area contributed by atoms with E-state index in [9.17, 15) is 13.2 Å². The zero-order valence-electron chi connectivity index (χ0n) is 13.2. The van der Waals surface area contributed by atoms with Gasteiger partial charge in [-0.25, -0.2) is 8.42 Å². The number of aryl methyl sites for hydroxylation is 2. The fourth-order valence-corrected chi connectivity index (χ4v) is 5.08. The summed E-state index contributed by atoms with van der Waals surface area (Å²) in [5.41, 5.74) is 1.27. The summed E-state index contributed by atoms with van der Waals surface area (Å²) in [6.07, 6.45) is 0. The number of halogens is 1. The highest BCUT2D eigenvalue weighted by Crippen LogP contribution is 2.34. The van der Waals surface area contributed by atoms with E-state index in [0.717, 1.165) is 0 Å². The Morgan fingerprint density at radius 3 is 2.62 bits per heavy atom. The van der Waals surface area contributed by atoms with Gasteiger partial charge in [-0.3, -0.25) is 9.89 Å². The number of H-pyrrole nitrogens is 1. The standard InChI is InChI=1S/C15H17ClN4O3S/c1-9-14(10(2)19-18-9)24(22,23)20-8-7-17-15(21)13(20)11-5-3-4-6-12(11)16/h3-6,13H,7-8H2,1-2H3,(H,17,21)(H,18,19). The Bertz CT molecular complexity index is 874. The van der Waals surface area contributed by atoms with Crippen LogP contribution in [-0.2, 0) is 14.8 Å². The van der Waals surface area contributed by atoms with Crippen molar-refractivity contribution < 1.29 is 13.2 Å². The van der Waals surface area contributed by atoms with E-state index in [1.165, 1.54) is 4.31 Å². The van der Waals surface area contributed by atoms with Gasteiger partial charge in [0.05, 0.1) is 11.4 Å². The number of piperazine rings is 1. The van der Waals surface area contributed by atoms with Crippen LogP contribution in [0.1, 0.15) is 23.0 Å². The van der Waals surface area contributed by atoms with Crippen molar-refractivity contribution in [3.8, 4) is 0 Å². The topological polar surface area (TPSA) is 95.2 Å². The minimum absolute atomic E-state index is 0.106. The van der Waals surface area contributed by atoms with Crippen molar-refractivity contribution in [1.29, 1.82) is 0 Å². The molecule has 9 heteroatoms. The van der Waals surface area contributed by atoms with Crippen LogP contribution >= 0.6 is 11.6 Å². The SMILES string of the molecule is Cc1n[nH]c(C)c1S(=O)(=O)N1CCNC(=O)C1c1ccccc1Cl. The maximum absolute atomic E-state index is 13.2. The molecule has 1 fully saturated rings. The predicted octanol–water partition coefficient (Wildman–Crippen LogP) is 1.54.